The number of nitrogens with zero attached hydrogens (tertiary/aromatic N) is 2. The molecule has 0 N–H and O–H groups in total. The Morgan fingerprint density at radius 3 is 2.81 bits per heavy atom. The molecule has 0 bridgehead atoms. The van der Waals surface area contributed by atoms with Crippen molar-refractivity contribution < 1.29 is 18.9 Å². The minimum Gasteiger partial charge on any atom is -0.382 e. The maximum absolute atomic E-state index is 6.09. The van der Waals surface area contributed by atoms with Crippen LogP contribution in [0.4, 0.5) is 0 Å². The molecule has 6 heteroatoms. The van der Waals surface area contributed by atoms with Crippen LogP contribution in [-0.4, -0.2) is 62.1 Å². The Morgan fingerprint density at radius 1 is 1.23 bits per heavy atom. The fourth-order valence-corrected chi connectivity index (χ4v) is 3.35. The first-order valence-corrected chi connectivity index (χ1v) is 9.34. The van der Waals surface area contributed by atoms with E-state index in [1.54, 1.807) is 7.11 Å². The molecule has 0 spiro atoms. The van der Waals surface area contributed by atoms with Crippen LogP contribution in [0.5, 0.6) is 0 Å². The second-order valence-corrected chi connectivity index (χ2v) is 7.30. The molecule has 2 heterocycles. The SMILES string of the molecule is COC[C@@H]1CCCN1/N=C1\COC(C)(C)O[C@H]1COCc1ccccc1. The molecular weight excluding hydrogens is 332 g/mol. The third-order valence-corrected chi connectivity index (χ3v) is 4.71. The van der Waals surface area contributed by atoms with Gasteiger partial charge in [-0.2, -0.15) is 5.10 Å². The lowest BCUT2D eigenvalue weighted by Crippen LogP contribution is -2.49. The number of hydrazone groups is 1. The molecular formula is C20H30N2O4. The third-order valence-electron chi connectivity index (χ3n) is 4.71. The summed E-state index contributed by atoms with van der Waals surface area (Å²) in [6.45, 7) is 6.98. The van der Waals surface area contributed by atoms with Gasteiger partial charge in [-0.15, -0.1) is 0 Å². The summed E-state index contributed by atoms with van der Waals surface area (Å²) in [4.78, 5) is 0. The lowest BCUT2D eigenvalue weighted by atomic mass is 10.2. The summed E-state index contributed by atoms with van der Waals surface area (Å²) in [6, 6.07) is 10.5. The highest BCUT2D eigenvalue weighted by atomic mass is 16.7. The van der Waals surface area contributed by atoms with Gasteiger partial charge in [0.05, 0.1) is 38.2 Å². The van der Waals surface area contributed by atoms with Crippen LogP contribution in [0.25, 0.3) is 0 Å². The van der Waals surface area contributed by atoms with Gasteiger partial charge in [0, 0.05) is 13.7 Å². The first-order chi connectivity index (χ1) is 12.6. The highest BCUT2D eigenvalue weighted by molar-refractivity contribution is 5.90. The summed E-state index contributed by atoms with van der Waals surface area (Å²) in [5.74, 6) is -0.628. The van der Waals surface area contributed by atoms with E-state index in [0.29, 0.717) is 32.5 Å². The number of methoxy groups -OCH3 is 1. The predicted molar refractivity (Wildman–Crippen MR) is 100 cm³/mol. The van der Waals surface area contributed by atoms with Crippen LogP contribution < -0.4 is 0 Å². The van der Waals surface area contributed by atoms with Crippen LogP contribution in [0, 0.1) is 0 Å². The summed E-state index contributed by atoms with van der Waals surface area (Å²) >= 11 is 0. The lowest BCUT2D eigenvalue weighted by molar-refractivity contribution is -0.242. The van der Waals surface area contributed by atoms with Gasteiger partial charge in [0.1, 0.15) is 6.10 Å². The van der Waals surface area contributed by atoms with Crippen LogP contribution in [0.15, 0.2) is 35.4 Å². The third kappa shape index (κ3) is 5.27. The van der Waals surface area contributed by atoms with E-state index in [1.165, 1.54) is 0 Å². The molecule has 2 aliphatic heterocycles. The first kappa shape index (κ1) is 19.3. The Morgan fingerprint density at radius 2 is 2.04 bits per heavy atom. The van der Waals surface area contributed by atoms with E-state index in [4.69, 9.17) is 24.0 Å². The van der Waals surface area contributed by atoms with Gasteiger partial charge in [0.2, 0.25) is 0 Å². The number of hydrogen-bond acceptors (Lipinski definition) is 6. The van der Waals surface area contributed by atoms with Crippen molar-refractivity contribution in [2.75, 3.05) is 33.5 Å². The zero-order valence-electron chi connectivity index (χ0n) is 16.0. The van der Waals surface area contributed by atoms with E-state index in [2.05, 4.69) is 17.1 Å². The highest BCUT2D eigenvalue weighted by Gasteiger charge is 2.35. The second kappa shape index (κ2) is 8.95. The van der Waals surface area contributed by atoms with E-state index < -0.39 is 5.79 Å². The van der Waals surface area contributed by atoms with Crippen LogP contribution in [0.3, 0.4) is 0 Å². The van der Waals surface area contributed by atoms with Crippen molar-refractivity contribution in [2.24, 2.45) is 5.10 Å². The van der Waals surface area contributed by atoms with Crippen molar-refractivity contribution in [3.63, 3.8) is 0 Å². The molecule has 2 fully saturated rings. The van der Waals surface area contributed by atoms with Gasteiger partial charge in [0.25, 0.3) is 0 Å². The molecule has 2 aliphatic rings. The van der Waals surface area contributed by atoms with E-state index in [1.807, 2.05) is 32.0 Å². The average Bonchev–Trinajstić information content (AvgIpc) is 3.05. The zero-order chi connectivity index (χ0) is 18.4. The summed E-state index contributed by atoms with van der Waals surface area (Å²) in [5, 5.41) is 6.97. The molecule has 0 saturated carbocycles. The first-order valence-electron chi connectivity index (χ1n) is 9.34. The fourth-order valence-electron chi connectivity index (χ4n) is 3.35. The average molecular weight is 362 g/mol. The Bertz CT molecular complexity index is 591. The number of rotatable bonds is 7. The summed E-state index contributed by atoms with van der Waals surface area (Å²) < 4.78 is 23.1. The Kier molecular flexibility index (Phi) is 6.64. The van der Waals surface area contributed by atoms with Crippen LogP contribution in [0.2, 0.25) is 0 Å². The van der Waals surface area contributed by atoms with Crippen LogP contribution in [-0.2, 0) is 25.6 Å². The molecule has 1 aromatic carbocycles. The molecule has 0 aliphatic carbocycles. The zero-order valence-corrected chi connectivity index (χ0v) is 16.0. The van der Waals surface area contributed by atoms with Crippen LogP contribution in [0.1, 0.15) is 32.3 Å². The number of ether oxygens (including phenoxy) is 4. The molecule has 0 amide bonds. The molecule has 3 rings (SSSR count). The Hall–Kier alpha value is -1.47. The van der Waals surface area contributed by atoms with Gasteiger partial charge < -0.3 is 18.9 Å². The predicted octanol–water partition coefficient (Wildman–Crippen LogP) is 2.82. The molecule has 0 radical (unpaired) electrons. The van der Waals surface area contributed by atoms with Crippen molar-refractivity contribution in [3.8, 4) is 0 Å². The Balaban J connectivity index is 1.63. The Labute approximate surface area is 156 Å². The van der Waals surface area contributed by atoms with Gasteiger partial charge >= 0.3 is 0 Å². The molecule has 1 aromatic rings. The summed E-state index contributed by atoms with van der Waals surface area (Å²) in [7, 11) is 1.74. The van der Waals surface area contributed by atoms with E-state index in [0.717, 1.165) is 30.7 Å². The summed E-state index contributed by atoms with van der Waals surface area (Å²) in [5.41, 5.74) is 2.04. The van der Waals surface area contributed by atoms with Crippen LogP contribution >= 0.6 is 0 Å². The molecule has 2 saturated heterocycles. The smallest absolute Gasteiger partial charge is 0.164 e. The second-order valence-electron chi connectivity index (χ2n) is 7.30. The topological polar surface area (TPSA) is 52.5 Å². The van der Waals surface area contributed by atoms with Gasteiger partial charge in [-0.3, -0.25) is 5.01 Å². The standard InChI is InChI=1S/C20H30N2O4/c1-20(2)25-14-18(21-22-11-7-10-17(22)13-23-3)19(26-20)15-24-12-16-8-5-4-6-9-16/h4-6,8-9,17,19H,7,10-15H2,1-3H3/b21-18+/t17-,19-/m0/s1. The lowest BCUT2D eigenvalue weighted by Gasteiger charge is -2.37. The molecule has 6 nitrogen and oxygen atoms in total. The van der Waals surface area contributed by atoms with Crippen molar-refractivity contribution >= 4 is 5.71 Å². The summed E-state index contributed by atoms with van der Waals surface area (Å²) in [6.07, 6.45) is 2.03. The monoisotopic (exact) mass is 362 g/mol. The van der Waals surface area contributed by atoms with E-state index in [9.17, 15) is 0 Å². The van der Waals surface area contributed by atoms with Crippen molar-refractivity contribution in [1.82, 2.24) is 5.01 Å². The molecule has 0 unspecified atom stereocenters. The van der Waals surface area contributed by atoms with Crippen molar-refractivity contribution in [1.29, 1.82) is 0 Å². The molecule has 26 heavy (non-hydrogen) atoms. The van der Waals surface area contributed by atoms with E-state index in [-0.39, 0.29) is 6.10 Å². The number of hydrogen-bond donors (Lipinski definition) is 0. The normalized spacial score (nSPS) is 27.2. The molecule has 144 valence electrons. The number of benzene rings is 1. The fraction of sp³-hybridized carbons (Fsp3) is 0.650. The van der Waals surface area contributed by atoms with Crippen molar-refractivity contribution in [3.05, 3.63) is 35.9 Å². The quantitative estimate of drug-likeness (QED) is 0.747. The maximum Gasteiger partial charge on any atom is 0.164 e. The highest BCUT2D eigenvalue weighted by Crippen LogP contribution is 2.24. The van der Waals surface area contributed by atoms with E-state index >= 15 is 0 Å². The van der Waals surface area contributed by atoms with Crippen molar-refractivity contribution in [2.45, 2.75) is 51.2 Å². The van der Waals surface area contributed by atoms with Gasteiger partial charge in [-0.1, -0.05) is 30.3 Å². The van der Waals surface area contributed by atoms with Gasteiger partial charge in [-0.05, 0) is 32.3 Å². The molecule has 0 aromatic heterocycles. The van der Waals surface area contributed by atoms with Gasteiger partial charge in [0.15, 0.2) is 5.79 Å². The maximum atomic E-state index is 6.09. The minimum absolute atomic E-state index is 0.203. The largest absolute Gasteiger partial charge is 0.382 e. The molecule has 2 atom stereocenters. The minimum atomic E-state index is -0.628. The van der Waals surface area contributed by atoms with Gasteiger partial charge in [-0.25, -0.2) is 0 Å².